The van der Waals surface area contributed by atoms with Crippen molar-refractivity contribution in [3.05, 3.63) is 70.0 Å². The molecular formula is C16H12FN3O4. The van der Waals surface area contributed by atoms with E-state index in [2.05, 4.69) is 10.5 Å². The summed E-state index contributed by atoms with van der Waals surface area (Å²) in [5.74, 6) is -0.884. The average Bonchev–Trinajstić information content (AvgIpc) is 3.05. The molecule has 1 N–H and O–H groups in total. The summed E-state index contributed by atoms with van der Waals surface area (Å²) in [4.78, 5) is 27.5. The van der Waals surface area contributed by atoms with Crippen molar-refractivity contribution in [2.45, 2.75) is 12.5 Å². The molecule has 0 aliphatic carbocycles. The smallest absolute Gasteiger partial charge is 0.271 e. The van der Waals surface area contributed by atoms with E-state index >= 15 is 0 Å². The summed E-state index contributed by atoms with van der Waals surface area (Å²) >= 11 is 0. The van der Waals surface area contributed by atoms with Gasteiger partial charge in [-0.3, -0.25) is 14.9 Å². The third kappa shape index (κ3) is 3.37. The van der Waals surface area contributed by atoms with Crippen molar-refractivity contribution in [1.29, 1.82) is 0 Å². The Morgan fingerprint density at radius 3 is 2.83 bits per heavy atom. The zero-order valence-corrected chi connectivity index (χ0v) is 12.3. The van der Waals surface area contributed by atoms with Crippen LogP contribution in [0.3, 0.4) is 0 Å². The van der Waals surface area contributed by atoms with Gasteiger partial charge in [-0.2, -0.15) is 0 Å². The number of hydrogen-bond acceptors (Lipinski definition) is 5. The minimum atomic E-state index is -0.873. The Labute approximate surface area is 135 Å². The van der Waals surface area contributed by atoms with Crippen LogP contribution in [0.2, 0.25) is 0 Å². The lowest BCUT2D eigenvalue weighted by Crippen LogP contribution is -2.28. The predicted molar refractivity (Wildman–Crippen MR) is 84.2 cm³/mol. The summed E-state index contributed by atoms with van der Waals surface area (Å²) in [6.07, 6.45) is -0.688. The van der Waals surface area contributed by atoms with Crippen LogP contribution in [0, 0.1) is 15.9 Å². The van der Waals surface area contributed by atoms with E-state index in [1.165, 1.54) is 36.4 Å². The highest BCUT2D eigenvalue weighted by molar-refractivity contribution is 6.06. The van der Waals surface area contributed by atoms with Crippen molar-refractivity contribution in [2.75, 3.05) is 5.32 Å². The van der Waals surface area contributed by atoms with Crippen LogP contribution in [0.1, 0.15) is 12.0 Å². The van der Waals surface area contributed by atoms with Gasteiger partial charge in [0.05, 0.1) is 10.6 Å². The first-order valence-corrected chi connectivity index (χ1v) is 7.07. The summed E-state index contributed by atoms with van der Waals surface area (Å²) < 4.78 is 13.2. The van der Waals surface area contributed by atoms with Crippen molar-refractivity contribution in [3.63, 3.8) is 0 Å². The molecule has 0 saturated heterocycles. The number of halogens is 1. The number of non-ortho nitro benzene ring substituents is 1. The monoisotopic (exact) mass is 329 g/mol. The molecule has 0 aromatic heterocycles. The maximum Gasteiger partial charge on any atom is 0.271 e. The highest BCUT2D eigenvalue weighted by Gasteiger charge is 2.29. The fourth-order valence-electron chi connectivity index (χ4n) is 2.28. The molecule has 1 aliphatic heterocycles. The van der Waals surface area contributed by atoms with Gasteiger partial charge in [0.1, 0.15) is 5.82 Å². The van der Waals surface area contributed by atoms with Gasteiger partial charge in [0, 0.05) is 29.8 Å². The van der Waals surface area contributed by atoms with Crippen LogP contribution in [-0.4, -0.2) is 22.6 Å². The number of nitrogens with one attached hydrogen (secondary N) is 1. The topological polar surface area (TPSA) is 93.8 Å². The zero-order chi connectivity index (χ0) is 17.1. The molecule has 0 bridgehead atoms. The van der Waals surface area contributed by atoms with Gasteiger partial charge in [0.25, 0.3) is 11.6 Å². The first kappa shape index (κ1) is 15.6. The van der Waals surface area contributed by atoms with Gasteiger partial charge in [-0.05, 0) is 18.2 Å². The number of rotatable bonds is 4. The van der Waals surface area contributed by atoms with Crippen molar-refractivity contribution in [1.82, 2.24) is 0 Å². The standard InChI is InChI=1S/C16H12FN3O4/c17-11-4-1-3-10(7-11)14-9-15(24-19-14)16(21)18-12-5-2-6-13(8-12)20(22)23/h1-8,15H,9H2,(H,18,21)/t15-/m1/s1. The summed E-state index contributed by atoms with van der Waals surface area (Å²) in [6, 6.07) is 11.4. The van der Waals surface area contributed by atoms with E-state index in [1.54, 1.807) is 12.1 Å². The van der Waals surface area contributed by atoms with E-state index in [0.29, 0.717) is 11.3 Å². The largest absolute Gasteiger partial charge is 0.382 e. The number of benzene rings is 2. The average molecular weight is 329 g/mol. The lowest BCUT2D eigenvalue weighted by Gasteiger charge is -2.09. The molecule has 1 heterocycles. The molecule has 3 rings (SSSR count). The van der Waals surface area contributed by atoms with Gasteiger partial charge >= 0.3 is 0 Å². The van der Waals surface area contributed by atoms with E-state index in [9.17, 15) is 19.3 Å². The molecular weight excluding hydrogens is 317 g/mol. The Morgan fingerprint density at radius 1 is 1.29 bits per heavy atom. The molecule has 2 aromatic carbocycles. The molecule has 1 amide bonds. The van der Waals surface area contributed by atoms with Crippen LogP contribution in [0.15, 0.2) is 53.7 Å². The van der Waals surface area contributed by atoms with Crippen molar-refractivity contribution in [3.8, 4) is 0 Å². The number of oxime groups is 1. The van der Waals surface area contributed by atoms with Gasteiger partial charge in [-0.25, -0.2) is 4.39 Å². The van der Waals surface area contributed by atoms with Crippen LogP contribution in [0.5, 0.6) is 0 Å². The van der Waals surface area contributed by atoms with Crippen LogP contribution >= 0.6 is 0 Å². The molecule has 7 nitrogen and oxygen atoms in total. The lowest BCUT2D eigenvalue weighted by molar-refractivity contribution is -0.384. The number of hydrogen-bond donors (Lipinski definition) is 1. The molecule has 0 unspecified atom stereocenters. The Morgan fingerprint density at radius 2 is 2.08 bits per heavy atom. The second kappa shape index (κ2) is 6.45. The summed E-state index contributed by atoms with van der Waals surface area (Å²) in [5.41, 5.74) is 1.17. The van der Waals surface area contributed by atoms with E-state index < -0.39 is 22.8 Å². The van der Waals surface area contributed by atoms with Crippen LogP contribution in [0.4, 0.5) is 15.8 Å². The van der Waals surface area contributed by atoms with Gasteiger partial charge in [0.2, 0.25) is 6.10 Å². The molecule has 24 heavy (non-hydrogen) atoms. The Hall–Kier alpha value is -3.29. The highest BCUT2D eigenvalue weighted by atomic mass is 19.1. The number of carbonyl (C=O) groups excluding carboxylic acids is 1. The van der Waals surface area contributed by atoms with Crippen LogP contribution < -0.4 is 5.32 Å². The van der Waals surface area contributed by atoms with E-state index in [-0.39, 0.29) is 17.8 Å². The fraction of sp³-hybridized carbons (Fsp3) is 0.125. The Bertz CT molecular complexity index is 838. The van der Waals surface area contributed by atoms with Crippen LogP contribution in [0.25, 0.3) is 0 Å². The maximum atomic E-state index is 13.2. The van der Waals surface area contributed by atoms with Gasteiger partial charge in [-0.1, -0.05) is 23.4 Å². The molecule has 1 atom stereocenters. The van der Waals surface area contributed by atoms with Gasteiger partial charge in [0.15, 0.2) is 0 Å². The van der Waals surface area contributed by atoms with E-state index in [4.69, 9.17) is 4.84 Å². The molecule has 0 spiro atoms. The van der Waals surface area contributed by atoms with Crippen molar-refractivity contribution in [2.24, 2.45) is 5.16 Å². The Balaban J connectivity index is 1.66. The van der Waals surface area contributed by atoms with E-state index in [0.717, 1.165) is 0 Å². The summed E-state index contributed by atoms with van der Waals surface area (Å²) in [5, 5.41) is 17.1. The van der Waals surface area contributed by atoms with Crippen molar-refractivity contribution < 1.29 is 18.9 Å². The number of anilines is 1. The lowest BCUT2D eigenvalue weighted by atomic mass is 10.0. The number of amides is 1. The number of carbonyl (C=O) groups is 1. The second-order valence-corrected chi connectivity index (χ2v) is 5.14. The Kier molecular flexibility index (Phi) is 4.19. The minimum absolute atomic E-state index is 0.128. The number of nitrogens with zero attached hydrogens (tertiary/aromatic N) is 2. The summed E-state index contributed by atoms with van der Waals surface area (Å²) in [7, 11) is 0. The molecule has 122 valence electrons. The normalized spacial score (nSPS) is 16.2. The fourth-order valence-corrected chi connectivity index (χ4v) is 2.28. The third-order valence-electron chi connectivity index (χ3n) is 3.44. The van der Waals surface area contributed by atoms with Crippen LogP contribution in [-0.2, 0) is 9.63 Å². The second-order valence-electron chi connectivity index (χ2n) is 5.14. The number of nitro benzene ring substituents is 1. The van der Waals surface area contributed by atoms with E-state index in [1.807, 2.05) is 0 Å². The first-order valence-electron chi connectivity index (χ1n) is 7.07. The quantitative estimate of drug-likeness (QED) is 0.689. The zero-order valence-electron chi connectivity index (χ0n) is 12.3. The first-order chi connectivity index (χ1) is 11.5. The maximum absolute atomic E-state index is 13.2. The number of nitro groups is 1. The predicted octanol–water partition coefficient (Wildman–Crippen LogP) is 2.87. The minimum Gasteiger partial charge on any atom is -0.382 e. The summed E-state index contributed by atoms with van der Waals surface area (Å²) in [6.45, 7) is 0. The molecule has 1 aliphatic rings. The molecule has 2 aromatic rings. The van der Waals surface area contributed by atoms with Gasteiger partial charge < -0.3 is 10.2 Å². The molecule has 0 fully saturated rings. The molecule has 8 heteroatoms. The SMILES string of the molecule is O=C(Nc1cccc([N+](=O)[O-])c1)[C@H]1CC(c2cccc(F)c2)=NO1. The highest BCUT2D eigenvalue weighted by Crippen LogP contribution is 2.21. The van der Waals surface area contributed by atoms with Crippen molar-refractivity contribution >= 4 is 23.0 Å². The third-order valence-corrected chi connectivity index (χ3v) is 3.44. The molecule has 0 saturated carbocycles. The molecule has 0 radical (unpaired) electrons. The van der Waals surface area contributed by atoms with Gasteiger partial charge in [-0.15, -0.1) is 0 Å².